The molecule has 0 unspecified atom stereocenters. The van der Waals surface area contributed by atoms with E-state index in [0.29, 0.717) is 6.54 Å². The second-order valence-electron chi connectivity index (χ2n) is 4.76. The molecule has 0 aromatic heterocycles. The number of carboxylic acid groups (broad SMARTS) is 3. The first-order valence-corrected chi connectivity index (χ1v) is 6.53. The van der Waals surface area contributed by atoms with Gasteiger partial charge in [-0.1, -0.05) is 0 Å². The summed E-state index contributed by atoms with van der Waals surface area (Å²) in [6, 6.07) is -1.95. The van der Waals surface area contributed by atoms with Crippen molar-refractivity contribution in [2.45, 2.75) is 37.8 Å². The molecule has 1 aliphatic heterocycles. The fourth-order valence-corrected chi connectivity index (χ4v) is 2.23. The highest BCUT2D eigenvalue weighted by Crippen LogP contribution is 2.15. The van der Waals surface area contributed by atoms with Gasteiger partial charge >= 0.3 is 17.9 Å². The molecule has 0 aromatic carbocycles. The molecule has 2 atom stereocenters. The van der Waals surface area contributed by atoms with Gasteiger partial charge in [0.15, 0.2) is 0 Å². The molecule has 21 heavy (non-hydrogen) atoms. The standard InChI is InChI=1S/C12H18N2O7/c15-9(16)3-1-7-11(19)14(6-5-13-7)8(12(20)21)2-4-10(17)18/h7-8,13H,1-6H2,(H,15,16)(H,17,18)(H,20,21)/t7-,8-/m0/s1. The van der Waals surface area contributed by atoms with E-state index in [2.05, 4.69) is 5.32 Å². The summed E-state index contributed by atoms with van der Waals surface area (Å²) in [5.41, 5.74) is 0. The van der Waals surface area contributed by atoms with Gasteiger partial charge in [-0.3, -0.25) is 14.4 Å². The molecule has 0 radical (unpaired) electrons. The second kappa shape index (κ2) is 7.58. The molecule has 4 N–H and O–H groups in total. The fourth-order valence-electron chi connectivity index (χ4n) is 2.23. The summed E-state index contributed by atoms with van der Waals surface area (Å²) in [4.78, 5) is 45.6. The predicted molar refractivity (Wildman–Crippen MR) is 68.7 cm³/mol. The number of hydrogen-bond acceptors (Lipinski definition) is 5. The fraction of sp³-hybridized carbons (Fsp3) is 0.667. The number of hydrogen-bond donors (Lipinski definition) is 4. The van der Waals surface area contributed by atoms with Crippen LogP contribution in [0.5, 0.6) is 0 Å². The number of nitrogens with one attached hydrogen (secondary N) is 1. The zero-order valence-corrected chi connectivity index (χ0v) is 11.3. The molecule has 1 heterocycles. The molecule has 1 amide bonds. The van der Waals surface area contributed by atoms with E-state index < -0.39 is 35.9 Å². The first-order valence-electron chi connectivity index (χ1n) is 6.53. The lowest BCUT2D eigenvalue weighted by Crippen LogP contribution is -2.59. The zero-order chi connectivity index (χ0) is 16.0. The molecular formula is C12H18N2O7. The highest BCUT2D eigenvalue weighted by molar-refractivity contribution is 5.88. The Kier molecular flexibility index (Phi) is 6.10. The summed E-state index contributed by atoms with van der Waals surface area (Å²) in [6.45, 7) is 0.492. The first kappa shape index (κ1) is 16.9. The van der Waals surface area contributed by atoms with Crippen molar-refractivity contribution in [1.29, 1.82) is 0 Å². The molecule has 0 spiro atoms. The normalized spacial score (nSPS) is 20.1. The van der Waals surface area contributed by atoms with E-state index in [0.717, 1.165) is 4.90 Å². The van der Waals surface area contributed by atoms with E-state index in [-0.39, 0.29) is 32.2 Å². The number of rotatable bonds is 8. The second-order valence-corrected chi connectivity index (χ2v) is 4.76. The Hall–Kier alpha value is -2.16. The largest absolute Gasteiger partial charge is 0.481 e. The van der Waals surface area contributed by atoms with E-state index in [1.54, 1.807) is 0 Å². The lowest BCUT2D eigenvalue weighted by Gasteiger charge is -2.36. The van der Waals surface area contributed by atoms with E-state index >= 15 is 0 Å². The van der Waals surface area contributed by atoms with Crippen LogP contribution in [-0.2, 0) is 19.2 Å². The van der Waals surface area contributed by atoms with Crippen LogP contribution in [0.15, 0.2) is 0 Å². The Morgan fingerprint density at radius 2 is 1.81 bits per heavy atom. The SMILES string of the molecule is O=C(O)CC[C@@H]1NCCN([C@@H](CCC(=O)O)C(=O)O)C1=O. The minimum Gasteiger partial charge on any atom is -0.481 e. The van der Waals surface area contributed by atoms with Crippen molar-refractivity contribution in [3.05, 3.63) is 0 Å². The van der Waals surface area contributed by atoms with Crippen LogP contribution >= 0.6 is 0 Å². The van der Waals surface area contributed by atoms with Crippen molar-refractivity contribution < 1.29 is 34.5 Å². The van der Waals surface area contributed by atoms with Crippen LogP contribution in [0.4, 0.5) is 0 Å². The minimum atomic E-state index is -1.26. The molecule has 0 aromatic rings. The molecular weight excluding hydrogens is 284 g/mol. The highest BCUT2D eigenvalue weighted by Gasteiger charge is 2.36. The van der Waals surface area contributed by atoms with Gasteiger partial charge in [0.25, 0.3) is 0 Å². The molecule has 1 aliphatic rings. The van der Waals surface area contributed by atoms with Crippen LogP contribution in [0.25, 0.3) is 0 Å². The third kappa shape index (κ3) is 5.03. The number of carboxylic acids is 3. The molecule has 0 saturated carbocycles. The number of aliphatic carboxylic acids is 3. The van der Waals surface area contributed by atoms with Crippen LogP contribution < -0.4 is 5.32 Å². The van der Waals surface area contributed by atoms with E-state index in [9.17, 15) is 19.2 Å². The highest BCUT2D eigenvalue weighted by atomic mass is 16.4. The van der Waals surface area contributed by atoms with Crippen LogP contribution in [-0.4, -0.2) is 69.2 Å². The van der Waals surface area contributed by atoms with Crippen LogP contribution in [0, 0.1) is 0 Å². The maximum absolute atomic E-state index is 12.2. The average Bonchev–Trinajstić information content (AvgIpc) is 2.38. The third-order valence-corrected chi connectivity index (χ3v) is 3.26. The van der Waals surface area contributed by atoms with Gasteiger partial charge in [0.05, 0.1) is 6.04 Å². The average molecular weight is 302 g/mol. The minimum absolute atomic E-state index is 0.0654. The predicted octanol–water partition coefficient (Wildman–Crippen LogP) is -1.03. The zero-order valence-electron chi connectivity index (χ0n) is 11.3. The number of nitrogens with zero attached hydrogens (tertiary/aromatic N) is 1. The molecule has 9 nitrogen and oxygen atoms in total. The third-order valence-electron chi connectivity index (χ3n) is 3.26. The molecule has 0 aliphatic carbocycles. The van der Waals surface area contributed by atoms with Crippen LogP contribution in [0.2, 0.25) is 0 Å². The summed E-state index contributed by atoms with van der Waals surface area (Å²) in [5.74, 6) is -3.93. The molecule has 0 bridgehead atoms. The van der Waals surface area contributed by atoms with E-state index in [4.69, 9.17) is 15.3 Å². The summed E-state index contributed by atoms with van der Waals surface area (Å²) in [5, 5.41) is 29.3. The number of carbonyl (C=O) groups excluding carboxylic acids is 1. The van der Waals surface area contributed by atoms with Crippen molar-refractivity contribution in [2.24, 2.45) is 0 Å². The van der Waals surface area contributed by atoms with Gasteiger partial charge in [-0.05, 0) is 12.8 Å². The molecule has 9 heteroatoms. The van der Waals surface area contributed by atoms with Crippen molar-refractivity contribution in [3.63, 3.8) is 0 Å². The van der Waals surface area contributed by atoms with E-state index in [1.807, 2.05) is 0 Å². The molecule has 1 rings (SSSR count). The van der Waals surface area contributed by atoms with Crippen molar-refractivity contribution in [3.8, 4) is 0 Å². The number of carbonyl (C=O) groups is 4. The van der Waals surface area contributed by atoms with Gasteiger partial charge in [0.1, 0.15) is 6.04 Å². The van der Waals surface area contributed by atoms with Crippen molar-refractivity contribution in [1.82, 2.24) is 10.2 Å². The summed E-state index contributed by atoms with van der Waals surface area (Å²) >= 11 is 0. The van der Waals surface area contributed by atoms with Gasteiger partial charge in [-0.15, -0.1) is 0 Å². The Morgan fingerprint density at radius 1 is 1.19 bits per heavy atom. The van der Waals surface area contributed by atoms with Gasteiger partial charge in [0.2, 0.25) is 5.91 Å². The molecule has 1 fully saturated rings. The Labute approximate surface area is 120 Å². The molecule has 1 saturated heterocycles. The van der Waals surface area contributed by atoms with Crippen molar-refractivity contribution >= 4 is 23.8 Å². The van der Waals surface area contributed by atoms with Gasteiger partial charge in [-0.2, -0.15) is 0 Å². The molecule has 118 valence electrons. The Bertz CT molecular complexity index is 437. The van der Waals surface area contributed by atoms with Gasteiger partial charge in [-0.25, -0.2) is 4.79 Å². The topological polar surface area (TPSA) is 144 Å². The summed E-state index contributed by atoms with van der Waals surface area (Å²) < 4.78 is 0. The monoisotopic (exact) mass is 302 g/mol. The van der Waals surface area contributed by atoms with Crippen LogP contribution in [0.1, 0.15) is 25.7 Å². The van der Waals surface area contributed by atoms with Crippen LogP contribution in [0.3, 0.4) is 0 Å². The quantitative estimate of drug-likeness (QED) is 0.445. The Balaban J connectivity index is 2.73. The van der Waals surface area contributed by atoms with Gasteiger partial charge < -0.3 is 25.5 Å². The Morgan fingerprint density at radius 3 is 2.33 bits per heavy atom. The van der Waals surface area contributed by atoms with E-state index in [1.165, 1.54) is 0 Å². The summed E-state index contributed by atoms with van der Waals surface area (Å²) in [7, 11) is 0. The maximum atomic E-state index is 12.2. The summed E-state index contributed by atoms with van der Waals surface area (Å²) in [6.07, 6.45) is -0.671. The number of amides is 1. The number of piperazine rings is 1. The van der Waals surface area contributed by atoms with Crippen molar-refractivity contribution in [2.75, 3.05) is 13.1 Å². The lowest BCUT2D eigenvalue weighted by molar-refractivity contribution is -0.154. The lowest BCUT2D eigenvalue weighted by atomic mass is 10.0. The first-order chi connectivity index (χ1) is 9.82. The van der Waals surface area contributed by atoms with Gasteiger partial charge in [0, 0.05) is 25.9 Å². The maximum Gasteiger partial charge on any atom is 0.326 e. The smallest absolute Gasteiger partial charge is 0.326 e.